The quantitative estimate of drug-likeness (QED) is 0.397. The number of rotatable bonds is 6. The number of benzene rings is 1. The highest BCUT2D eigenvalue weighted by Gasteiger charge is 2.19. The lowest BCUT2D eigenvalue weighted by Crippen LogP contribution is -2.13. The lowest BCUT2D eigenvalue weighted by Gasteiger charge is -2.25. The third-order valence-electron chi connectivity index (χ3n) is 4.83. The van der Waals surface area contributed by atoms with Gasteiger partial charge in [-0.3, -0.25) is 0 Å². The first-order valence-electron chi connectivity index (χ1n) is 9.05. The van der Waals surface area contributed by atoms with Crippen molar-refractivity contribution in [1.82, 2.24) is 0 Å². The third-order valence-corrected chi connectivity index (χ3v) is 5.08. The lowest BCUT2D eigenvalue weighted by molar-refractivity contribution is 0.294. The first kappa shape index (κ1) is 17.4. The van der Waals surface area contributed by atoms with E-state index >= 15 is 0 Å². The molecule has 0 N–H and O–H groups in total. The fraction of sp³-hybridized carbons (Fsp3) is 0.619. The van der Waals surface area contributed by atoms with E-state index in [1.165, 1.54) is 64.2 Å². The molecule has 1 aromatic carbocycles. The topological polar surface area (TPSA) is 0 Å². The minimum atomic E-state index is 0.604. The fourth-order valence-corrected chi connectivity index (χ4v) is 3.48. The van der Waals surface area contributed by atoms with Crippen molar-refractivity contribution in [2.45, 2.75) is 71.1 Å². The molecule has 0 heterocycles. The Balaban J connectivity index is 1.66. The molecule has 0 amide bonds. The standard InChI is InChI=1S/C21H29Cl/c1-2-3-4-5-6-7-18-8-10-19(11-9-18)12-13-20-14-16-21(22)17-15-20/h14-19H,2-11H2,1H3/t18-,19-. The minimum absolute atomic E-state index is 0.604. The molecule has 0 bridgehead atoms. The first-order chi connectivity index (χ1) is 10.8. The van der Waals surface area contributed by atoms with Gasteiger partial charge in [-0.25, -0.2) is 0 Å². The van der Waals surface area contributed by atoms with Crippen molar-refractivity contribution in [3.05, 3.63) is 34.9 Å². The predicted octanol–water partition coefficient (Wildman–Crippen LogP) is 6.86. The average molecular weight is 317 g/mol. The van der Waals surface area contributed by atoms with Crippen molar-refractivity contribution < 1.29 is 0 Å². The van der Waals surface area contributed by atoms with Crippen LogP contribution in [0.1, 0.15) is 76.7 Å². The van der Waals surface area contributed by atoms with E-state index in [9.17, 15) is 0 Å². The maximum Gasteiger partial charge on any atom is 0.0406 e. The van der Waals surface area contributed by atoms with E-state index in [-0.39, 0.29) is 0 Å². The van der Waals surface area contributed by atoms with Gasteiger partial charge in [-0.05, 0) is 55.9 Å². The second-order valence-corrected chi connectivity index (χ2v) is 7.13. The van der Waals surface area contributed by atoms with Gasteiger partial charge in [0.05, 0.1) is 0 Å². The van der Waals surface area contributed by atoms with Crippen LogP contribution in [0.5, 0.6) is 0 Å². The van der Waals surface area contributed by atoms with Crippen LogP contribution in [0.3, 0.4) is 0 Å². The van der Waals surface area contributed by atoms with Gasteiger partial charge in [0.15, 0.2) is 0 Å². The molecule has 0 saturated heterocycles. The molecule has 1 fully saturated rings. The molecule has 1 saturated carbocycles. The van der Waals surface area contributed by atoms with Crippen LogP contribution < -0.4 is 0 Å². The van der Waals surface area contributed by atoms with Crippen LogP contribution in [0.2, 0.25) is 5.02 Å². The summed E-state index contributed by atoms with van der Waals surface area (Å²) in [6.45, 7) is 2.28. The zero-order chi connectivity index (χ0) is 15.6. The average Bonchev–Trinajstić information content (AvgIpc) is 2.55. The van der Waals surface area contributed by atoms with Crippen LogP contribution in [0.4, 0.5) is 0 Å². The normalized spacial score (nSPS) is 21.2. The van der Waals surface area contributed by atoms with E-state index in [2.05, 4.69) is 18.8 Å². The maximum atomic E-state index is 5.90. The summed E-state index contributed by atoms with van der Waals surface area (Å²) >= 11 is 5.90. The molecule has 0 spiro atoms. The summed E-state index contributed by atoms with van der Waals surface area (Å²) in [6, 6.07) is 7.86. The highest BCUT2D eigenvalue weighted by atomic mass is 35.5. The van der Waals surface area contributed by atoms with Gasteiger partial charge >= 0.3 is 0 Å². The Morgan fingerprint density at radius 1 is 0.955 bits per heavy atom. The van der Waals surface area contributed by atoms with Crippen molar-refractivity contribution in [2.24, 2.45) is 11.8 Å². The summed E-state index contributed by atoms with van der Waals surface area (Å²) in [6.07, 6.45) is 13.8. The smallest absolute Gasteiger partial charge is 0.0406 e. The summed E-state index contributed by atoms with van der Waals surface area (Å²) in [5.74, 6) is 8.35. The molecule has 1 aromatic rings. The van der Waals surface area contributed by atoms with E-state index < -0.39 is 0 Å². The Morgan fingerprint density at radius 3 is 2.32 bits per heavy atom. The van der Waals surface area contributed by atoms with Gasteiger partial charge in [-0.1, -0.05) is 68.9 Å². The molecule has 0 radical (unpaired) electrons. The Morgan fingerprint density at radius 2 is 1.64 bits per heavy atom. The molecule has 120 valence electrons. The van der Waals surface area contributed by atoms with Gasteiger partial charge in [0.25, 0.3) is 0 Å². The van der Waals surface area contributed by atoms with Crippen LogP contribution in [0, 0.1) is 23.7 Å². The largest absolute Gasteiger partial charge is 0.0945 e. The molecule has 0 atom stereocenters. The van der Waals surface area contributed by atoms with Gasteiger partial charge in [0.2, 0.25) is 0 Å². The van der Waals surface area contributed by atoms with Crippen LogP contribution in [-0.4, -0.2) is 0 Å². The van der Waals surface area contributed by atoms with Gasteiger partial charge in [0, 0.05) is 16.5 Å². The van der Waals surface area contributed by atoms with Gasteiger partial charge in [0.1, 0.15) is 0 Å². The molecule has 1 aliphatic rings. The molecule has 0 unspecified atom stereocenters. The molecule has 2 rings (SSSR count). The molecule has 1 aliphatic carbocycles. The van der Waals surface area contributed by atoms with Crippen LogP contribution in [-0.2, 0) is 0 Å². The minimum Gasteiger partial charge on any atom is -0.0945 e. The Kier molecular flexibility index (Phi) is 7.89. The number of hydrogen-bond donors (Lipinski definition) is 0. The highest BCUT2D eigenvalue weighted by Crippen LogP contribution is 2.31. The van der Waals surface area contributed by atoms with Gasteiger partial charge in [-0.2, -0.15) is 0 Å². The monoisotopic (exact) mass is 316 g/mol. The van der Waals surface area contributed by atoms with Crippen LogP contribution >= 0.6 is 11.6 Å². The third kappa shape index (κ3) is 6.45. The highest BCUT2D eigenvalue weighted by molar-refractivity contribution is 6.30. The first-order valence-corrected chi connectivity index (χ1v) is 9.43. The van der Waals surface area contributed by atoms with Crippen molar-refractivity contribution in [2.75, 3.05) is 0 Å². The van der Waals surface area contributed by atoms with Gasteiger partial charge in [-0.15, -0.1) is 0 Å². The van der Waals surface area contributed by atoms with Crippen molar-refractivity contribution >= 4 is 11.6 Å². The van der Waals surface area contributed by atoms with Gasteiger partial charge < -0.3 is 0 Å². The van der Waals surface area contributed by atoms with Crippen LogP contribution in [0.15, 0.2) is 24.3 Å². The maximum absolute atomic E-state index is 5.90. The van der Waals surface area contributed by atoms with E-state index in [0.29, 0.717) is 5.92 Å². The Labute approximate surface area is 141 Å². The number of halogens is 1. The zero-order valence-corrected chi connectivity index (χ0v) is 14.7. The lowest BCUT2D eigenvalue weighted by atomic mass is 9.80. The summed E-state index contributed by atoms with van der Waals surface area (Å²) in [5.41, 5.74) is 1.09. The SMILES string of the molecule is CCCCCCC[C@H]1CC[C@H](C#Cc2ccc(Cl)cc2)CC1. The van der Waals surface area contributed by atoms with E-state index in [4.69, 9.17) is 11.6 Å². The fourth-order valence-electron chi connectivity index (χ4n) is 3.35. The molecular weight excluding hydrogens is 288 g/mol. The summed E-state index contributed by atoms with van der Waals surface area (Å²) in [5, 5.41) is 0.782. The summed E-state index contributed by atoms with van der Waals surface area (Å²) in [7, 11) is 0. The molecular formula is C21H29Cl. The summed E-state index contributed by atoms with van der Waals surface area (Å²) < 4.78 is 0. The number of unbranched alkanes of at least 4 members (excludes halogenated alkanes) is 4. The summed E-state index contributed by atoms with van der Waals surface area (Å²) in [4.78, 5) is 0. The van der Waals surface area contributed by atoms with Crippen molar-refractivity contribution in [3.63, 3.8) is 0 Å². The molecule has 1 heteroatoms. The second-order valence-electron chi connectivity index (χ2n) is 6.70. The van der Waals surface area contributed by atoms with Crippen molar-refractivity contribution in [3.8, 4) is 11.8 Å². The van der Waals surface area contributed by atoms with E-state index in [1.54, 1.807) is 0 Å². The van der Waals surface area contributed by atoms with E-state index in [1.807, 2.05) is 24.3 Å². The van der Waals surface area contributed by atoms with Crippen LogP contribution in [0.25, 0.3) is 0 Å². The molecule has 0 aromatic heterocycles. The van der Waals surface area contributed by atoms with Crippen molar-refractivity contribution in [1.29, 1.82) is 0 Å². The second kappa shape index (κ2) is 9.96. The zero-order valence-electron chi connectivity index (χ0n) is 13.9. The molecule has 22 heavy (non-hydrogen) atoms. The predicted molar refractivity (Wildman–Crippen MR) is 97.2 cm³/mol. The number of hydrogen-bond acceptors (Lipinski definition) is 0. The molecule has 0 aliphatic heterocycles. The molecule has 0 nitrogen and oxygen atoms in total. The Bertz CT molecular complexity index is 469. The van der Waals surface area contributed by atoms with E-state index in [0.717, 1.165) is 16.5 Å². The Hall–Kier alpha value is -0.930.